The number of Topliss-reactive ketones (excluding diaryl/α,β-unsaturated/α-hetero) is 1. The smallest absolute Gasteiger partial charge is 0.159 e. The summed E-state index contributed by atoms with van der Waals surface area (Å²) in [6, 6.07) is 3.52. The molecule has 2 nitrogen and oxygen atoms in total. The van der Waals surface area contributed by atoms with Crippen LogP contribution in [0.25, 0.3) is 0 Å². The maximum absolute atomic E-state index is 11.1. The van der Waals surface area contributed by atoms with E-state index in [0.717, 1.165) is 17.7 Å². The molecule has 13 heavy (non-hydrogen) atoms. The number of halogens is 1. The van der Waals surface area contributed by atoms with Gasteiger partial charge in [-0.15, -0.1) is 0 Å². The van der Waals surface area contributed by atoms with Crippen LogP contribution < -0.4 is 4.74 Å². The monoisotopic (exact) mass is 196 g/mol. The summed E-state index contributed by atoms with van der Waals surface area (Å²) in [5.74, 6) is 0.781. The lowest BCUT2D eigenvalue weighted by molar-refractivity contribution is 0.101. The van der Waals surface area contributed by atoms with Gasteiger partial charge in [-0.2, -0.15) is 0 Å². The second-order valence-electron chi connectivity index (χ2n) is 3.10. The van der Waals surface area contributed by atoms with E-state index in [1.807, 2.05) is 6.07 Å². The molecule has 0 saturated heterocycles. The number of carbonyl (C=O) groups excluding carboxylic acids is 1. The SMILES string of the molecule is CC(=O)c1cc(Cl)c2c(c1)CCO2. The van der Waals surface area contributed by atoms with Gasteiger partial charge in [-0.05, 0) is 24.6 Å². The average Bonchev–Trinajstić information content (AvgIpc) is 2.51. The van der Waals surface area contributed by atoms with E-state index >= 15 is 0 Å². The second-order valence-corrected chi connectivity index (χ2v) is 3.51. The van der Waals surface area contributed by atoms with E-state index in [1.165, 1.54) is 6.92 Å². The zero-order chi connectivity index (χ0) is 9.42. The molecule has 1 aliphatic heterocycles. The Bertz CT molecular complexity index is 371. The number of hydrogen-bond donors (Lipinski definition) is 0. The fourth-order valence-electron chi connectivity index (χ4n) is 1.46. The molecule has 0 fully saturated rings. The van der Waals surface area contributed by atoms with Crippen LogP contribution in [0.2, 0.25) is 5.02 Å². The van der Waals surface area contributed by atoms with Crippen molar-refractivity contribution in [2.75, 3.05) is 6.61 Å². The zero-order valence-electron chi connectivity index (χ0n) is 7.26. The summed E-state index contributed by atoms with van der Waals surface area (Å²) in [5.41, 5.74) is 1.70. The molecule has 0 bridgehead atoms. The minimum Gasteiger partial charge on any atom is -0.491 e. The first kappa shape index (κ1) is 8.57. The van der Waals surface area contributed by atoms with Crippen molar-refractivity contribution in [3.05, 3.63) is 28.3 Å². The first-order valence-electron chi connectivity index (χ1n) is 4.14. The van der Waals surface area contributed by atoms with Crippen molar-refractivity contribution >= 4 is 17.4 Å². The molecule has 0 spiro atoms. The Balaban J connectivity index is 2.55. The number of benzene rings is 1. The Kier molecular flexibility index (Phi) is 2.00. The standard InChI is InChI=1S/C10H9ClO2/c1-6(12)8-4-7-2-3-13-10(7)9(11)5-8/h4-5H,2-3H2,1H3. The van der Waals surface area contributed by atoms with E-state index < -0.39 is 0 Å². The Hall–Kier alpha value is -1.02. The van der Waals surface area contributed by atoms with E-state index in [0.29, 0.717) is 17.2 Å². The molecule has 1 aliphatic rings. The molecule has 3 heteroatoms. The molecule has 0 atom stereocenters. The van der Waals surface area contributed by atoms with Gasteiger partial charge in [-0.1, -0.05) is 11.6 Å². The van der Waals surface area contributed by atoms with Gasteiger partial charge in [0, 0.05) is 12.0 Å². The van der Waals surface area contributed by atoms with Crippen LogP contribution in [0.15, 0.2) is 12.1 Å². The molecule has 0 unspecified atom stereocenters. The third kappa shape index (κ3) is 1.42. The van der Waals surface area contributed by atoms with Crippen LogP contribution in [-0.2, 0) is 6.42 Å². The third-order valence-corrected chi connectivity index (χ3v) is 2.43. The summed E-state index contributed by atoms with van der Waals surface area (Å²) in [5, 5.41) is 0.542. The van der Waals surface area contributed by atoms with Crippen molar-refractivity contribution in [1.29, 1.82) is 0 Å². The Morgan fingerprint density at radius 1 is 1.54 bits per heavy atom. The lowest BCUT2D eigenvalue weighted by atomic mass is 10.1. The average molecular weight is 197 g/mol. The van der Waals surface area contributed by atoms with E-state index in [1.54, 1.807) is 6.07 Å². The van der Waals surface area contributed by atoms with Gasteiger partial charge in [0.25, 0.3) is 0 Å². The first-order valence-corrected chi connectivity index (χ1v) is 4.52. The Morgan fingerprint density at radius 3 is 3.00 bits per heavy atom. The van der Waals surface area contributed by atoms with Crippen molar-refractivity contribution < 1.29 is 9.53 Å². The van der Waals surface area contributed by atoms with Crippen molar-refractivity contribution in [2.24, 2.45) is 0 Å². The maximum atomic E-state index is 11.1. The molecular weight excluding hydrogens is 188 g/mol. The highest BCUT2D eigenvalue weighted by molar-refractivity contribution is 6.32. The molecule has 0 saturated carbocycles. The van der Waals surface area contributed by atoms with E-state index in [9.17, 15) is 4.79 Å². The van der Waals surface area contributed by atoms with Crippen LogP contribution >= 0.6 is 11.6 Å². The van der Waals surface area contributed by atoms with Crippen LogP contribution in [0.5, 0.6) is 5.75 Å². The number of carbonyl (C=O) groups is 1. The zero-order valence-corrected chi connectivity index (χ0v) is 8.02. The summed E-state index contributed by atoms with van der Waals surface area (Å²) >= 11 is 5.94. The van der Waals surface area contributed by atoms with Gasteiger partial charge in [0.1, 0.15) is 5.75 Å². The van der Waals surface area contributed by atoms with Gasteiger partial charge in [-0.25, -0.2) is 0 Å². The predicted molar refractivity (Wildman–Crippen MR) is 50.7 cm³/mol. The second kappa shape index (κ2) is 3.04. The quantitative estimate of drug-likeness (QED) is 0.645. The number of ether oxygens (including phenoxy) is 1. The fourth-order valence-corrected chi connectivity index (χ4v) is 1.76. The van der Waals surface area contributed by atoms with Crippen molar-refractivity contribution in [1.82, 2.24) is 0 Å². The van der Waals surface area contributed by atoms with Gasteiger partial charge in [0.15, 0.2) is 5.78 Å². The number of rotatable bonds is 1. The summed E-state index contributed by atoms with van der Waals surface area (Å²) in [6.45, 7) is 2.20. The molecule has 1 aromatic carbocycles. The Morgan fingerprint density at radius 2 is 2.31 bits per heavy atom. The van der Waals surface area contributed by atoms with Gasteiger partial charge in [0.05, 0.1) is 11.6 Å². The fraction of sp³-hybridized carbons (Fsp3) is 0.300. The Labute approximate surface area is 81.5 Å². The highest BCUT2D eigenvalue weighted by Crippen LogP contribution is 2.34. The largest absolute Gasteiger partial charge is 0.491 e. The van der Waals surface area contributed by atoms with Gasteiger partial charge >= 0.3 is 0 Å². The first-order chi connectivity index (χ1) is 6.18. The lowest BCUT2D eigenvalue weighted by Crippen LogP contribution is -1.93. The third-order valence-electron chi connectivity index (χ3n) is 2.14. The molecule has 1 aromatic rings. The molecule has 0 amide bonds. The van der Waals surface area contributed by atoms with Crippen molar-refractivity contribution in [3.8, 4) is 5.75 Å². The molecule has 1 heterocycles. The summed E-state index contributed by atoms with van der Waals surface area (Å²) < 4.78 is 5.32. The van der Waals surface area contributed by atoms with Crippen LogP contribution in [0.1, 0.15) is 22.8 Å². The minimum absolute atomic E-state index is 0.0385. The molecule has 68 valence electrons. The lowest BCUT2D eigenvalue weighted by Gasteiger charge is -2.03. The van der Waals surface area contributed by atoms with Crippen LogP contribution in [0.3, 0.4) is 0 Å². The van der Waals surface area contributed by atoms with E-state index in [-0.39, 0.29) is 5.78 Å². The molecule has 2 rings (SSSR count). The highest BCUT2D eigenvalue weighted by atomic mass is 35.5. The number of ketones is 1. The van der Waals surface area contributed by atoms with Crippen molar-refractivity contribution in [2.45, 2.75) is 13.3 Å². The molecule has 0 radical (unpaired) electrons. The summed E-state index contributed by atoms with van der Waals surface area (Å²) in [7, 11) is 0. The van der Waals surface area contributed by atoms with Gasteiger partial charge in [-0.3, -0.25) is 4.79 Å². The molecule has 0 N–H and O–H groups in total. The minimum atomic E-state index is 0.0385. The maximum Gasteiger partial charge on any atom is 0.159 e. The van der Waals surface area contributed by atoms with Gasteiger partial charge < -0.3 is 4.74 Å². The topological polar surface area (TPSA) is 26.3 Å². The van der Waals surface area contributed by atoms with E-state index in [4.69, 9.17) is 16.3 Å². The number of hydrogen-bond acceptors (Lipinski definition) is 2. The molecule has 0 aromatic heterocycles. The molecule has 0 aliphatic carbocycles. The van der Waals surface area contributed by atoms with E-state index in [2.05, 4.69) is 0 Å². The highest BCUT2D eigenvalue weighted by Gasteiger charge is 2.17. The van der Waals surface area contributed by atoms with Crippen molar-refractivity contribution in [3.63, 3.8) is 0 Å². The number of fused-ring (bicyclic) bond motifs is 1. The summed E-state index contributed by atoms with van der Waals surface area (Å²) in [4.78, 5) is 11.1. The van der Waals surface area contributed by atoms with Crippen LogP contribution in [0.4, 0.5) is 0 Å². The van der Waals surface area contributed by atoms with Gasteiger partial charge in [0.2, 0.25) is 0 Å². The molecular formula is C10H9ClO2. The normalized spacial score (nSPS) is 13.7. The van der Waals surface area contributed by atoms with Crippen LogP contribution in [-0.4, -0.2) is 12.4 Å². The predicted octanol–water partition coefficient (Wildman–Crippen LogP) is 2.48. The van der Waals surface area contributed by atoms with Crippen LogP contribution in [0, 0.1) is 0 Å². The summed E-state index contributed by atoms with van der Waals surface area (Å²) in [6.07, 6.45) is 0.843.